The van der Waals surface area contributed by atoms with Crippen molar-refractivity contribution >= 4 is 5.97 Å². The van der Waals surface area contributed by atoms with Gasteiger partial charge in [0.15, 0.2) is 5.60 Å². The second kappa shape index (κ2) is 4.04. The van der Waals surface area contributed by atoms with E-state index in [0.29, 0.717) is 0 Å². The number of hydrogen-bond acceptors (Lipinski definition) is 4. The predicted molar refractivity (Wildman–Crippen MR) is 47.4 cm³/mol. The summed E-state index contributed by atoms with van der Waals surface area (Å²) in [5, 5.41) is 29.7. The van der Waals surface area contributed by atoms with Gasteiger partial charge in [-0.2, -0.15) is 0 Å². The van der Waals surface area contributed by atoms with E-state index in [1.165, 1.54) is 6.92 Å². The summed E-state index contributed by atoms with van der Waals surface area (Å²) < 4.78 is 0. The van der Waals surface area contributed by atoms with Crippen LogP contribution in [0.4, 0.5) is 0 Å². The lowest BCUT2D eigenvalue weighted by Crippen LogP contribution is -2.48. The minimum Gasteiger partial charge on any atom is -0.479 e. The Morgan fingerprint density at radius 3 is 2.00 bits per heavy atom. The van der Waals surface area contributed by atoms with E-state index in [1.54, 1.807) is 13.8 Å². The Bertz CT molecular complexity index is 183. The smallest absolute Gasteiger partial charge is 0.336 e. The summed E-state index contributed by atoms with van der Waals surface area (Å²) in [5.41, 5.74) is -2.69. The minimum absolute atomic E-state index is 0.0909. The summed E-state index contributed by atoms with van der Waals surface area (Å²) in [6, 6.07) is 0. The van der Waals surface area contributed by atoms with Crippen molar-refractivity contribution in [3.8, 4) is 0 Å². The number of rotatable bonds is 5. The fourth-order valence-electron chi connectivity index (χ4n) is 0.687. The molecule has 0 aliphatic heterocycles. The Morgan fingerprint density at radius 1 is 1.23 bits per heavy atom. The van der Waals surface area contributed by atoms with Crippen molar-refractivity contribution in [3.63, 3.8) is 0 Å². The van der Waals surface area contributed by atoms with Gasteiger partial charge in [-0.15, -0.1) is 0 Å². The van der Waals surface area contributed by atoms with E-state index in [9.17, 15) is 15.0 Å². The van der Waals surface area contributed by atoms with Crippen molar-refractivity contribution in [2.75, 3.05) is 13.1 Å². The zero-order chi connectivity index (χ0) is 10.7. The quantitative estimate of drug-likeness (QED) is 0.456. The fraction of sp³-hybridized carbons (Fsp3) is 0.875. The molecule has 5 nitrogen and oxygen atoms in total. The molecule has 1 unspecified atom stereocenters. The van der Waals surface area contributed by atoms with Crippen molar-refractivity contribution in [2.45, 2.75) is 32.0 Å². The second-order valence-corrected chi connectivity index (χ2v) is 3.99. The molecule has 78 valence electrons. The van der Waals surface area contributed by atoms with Crippen LogP contribution < -0.4 is 5.32 Å². The van der Waals surface area contributed by atoms with Gasteiger partial charge < -0.3 is 20.6 Å². The van der Waals surface area contributed by atoms with Crippen molar-refractivity contribution in [3.05, 3.63) is 0 Å². The van der Waals surface area contributed by atoms with Crippen LogP contribution in [0.5, 0.6) is 0 Å². The number of aliphatic hydroxyl groups is 2. The maximum Gasteiger partial charge on any atom is 0.336 e. The van der Waals surface area contributed by atoms with Crippen LogP contribution >= 0.6 is 0 Å². The molecule has 0 saturated carbocycles. The number of aliphatic carboxylic acids is 1. The topological polar surface area (TPSA) is 89.8 Å². The van der Waals surface area contributed by atoms with Crippen LogP contribution in [-0.4, -0.2) is 45.6 Å². The molecule has 13 heavy (non-hydrogen) atoms. The zero-order valence-corrected chi connectivity index (χ0v) is 8.16. The fourth-order valence-corrected chi connectivity index (χ4v) is 0.687. The molecular weight excluding hydrogens is 174 g/mol. The first kappa shape index (κ1) is 12.3. The van der Waals surface area contributed by atoms with Gasteiger partial charge in [-0.1, -0.05) is 0 Å². The highest BCUT2D eigenvalue weighted by Gasteiger charge is 2.29. The van der Waals surface area contributed by atoms with Crippen LogP contribution in [0.25, 0.3) is 0 Å². The third-order valence-electron chi connectivity index (χ3n) is 1.49. The standard InChI is InChI=1S/C8H17NO4/c1-7(2,12)4-9-5-8(3,13)6(10)11/h9,12-13H,4-5H2,1-3H3,(H,10,11). The number of carboxylic acid groups (broad SMARTS) is 1. The van der Waals surface area contributed by atoms with Crippen molar-refractivity contribution < 1.29 is 20.1 Å². The molecule has 0 aromatic rings. The van der Waals surface area contributed by atoms with E-state index in [2.05, 4.69) is 5.32 Å². The van der Waals surface area contributed by atoms with Crippen molar-refractivity contribution in [1.82, 2.24) is 5.32 Å². The van der Waals surface area contributed by atoms with Gasteiger partial charge in [-0.05, 0) is 20.8 Å². The van der Waals surface area contributed by atoms with Crippen molar-refractivity contribution in [1.29, 1.82) is 0 Å². The molecule has 0 saturated heterocycles. The first-order valence-corrected chi connectivity index (χ1v) is 4.04. The Balaban J connectivity index is 3.84. The molecule has 0 aliphatic carbocycles. The van der Waals surface area contributed by atoms with Crippen LogP contribution in [0.15, 0.2) is 0 Å². The minimum atomic E-state index is -1.79. The molecule has 0 spiro atoms. The van der Waals surface area contributed by atoms with Gasteiger partial charge in [0.05, 0.1) is 5.60 Å². The number of hydrogen-bond donors (Lipinski definition) is 4. The molecule has 0 rings (SSSR count). The largest absolute Gasteiger partial charge is 0.479 e. The summed E-state index contributed by atoms with van der Waals surface area (Å²) in [7, 11) is 0. The first-order chi connectivity index (χ1) is 5.65. The SMILES string of the molecule is CC(C)(O)CNCC(C)(O)C(=O)O. The molecule has 4 N–H and O–H groups in total. The summed E-state index contributed by atoms with van der Waals surface area (Å²) >= 11 is 0. The molecule has 0 aliphatic rings. The average molecular weight is 191 g/mol. The van der Waals surface area contributed by atoms with Gasteiger partial charge in [0.1, 0.15) is 0 Å². The molecule has 0 aromatic heterocycles. The monoisotopic (exact) mass is 191 g/mol. The van der Waals surface area contributed by atoms with E-state index in [1.807, 2.05) is 0 Å². The van der Waals surface area contributed by atoms with Crippen LogP contribution in [0, 0.1) is 0 Å². The highest BCUT2D eigenvalue weighted by atomic mass is 16.4. The molecule has 0 amide bonds. The lowest BCUT2D eigenvalue weighted by atomic mass is 10.1. The molecular formula is C8H17NO4. The zero-order valence-electron chi connectivity index (χ0n) is 8.16. The number of nitrogens with one attached hydrogen (secondary N) is 1. The highest BCUT2D eigenvalue weighted by Crippen LogP contribution is 2.02. The highest BCUT2D eigenvalue weighted by molar-refractivity contribution is 5.76. The number of carbonyl (C=O) groups is 1. The first-order valence-electron chi connectivity index (χ1n) is 4.04. The molecule has 0 heterocycles. The molecule has 1 atom stereocenters. The van der Waals surface area contributed by atoms with Gasteiger partial charge in [-0.3, -0.25) is 0 Å². The Morgan fingerprint density at radius 2 is 1.69 bits per heavy atom. The third kappa shape index (κ3) is 5.57. The molecule has 0 aromatic carbocycles. The normalized spacial score (nSPS) is 16.7. The van der Waals surface area contributed by atoms with E-state index in [4.69, 9.17) is 5.11 Å². The van der Waals surface area contributed by atoms with Gasteiger partial charge >= 0.3 is 5.97 Å². The third-order valence-corrected chi connectivity index (χ3v) is 1.49. The summed E-state index contributed by atoms with van der Waals surface area (Å²) in [6.45, 7) is 4.53. The van der Waals surface area contributed by atoms with Crippen LogP contribution in [0.3, 0.4) is 0 Å². The Labute approximate surface area is 77.4 Å². The average Bonchev–Trinajstić information content (AvgIpc) is 1.82. The van der Waals surface area contributed by atoms with Gasteiger partial charge in [0, 0.05) is 13.1 Å². The maximum absolute atomic E-state index is 10.4. The lowest BCUT2D eigenvalue weighted by molar-refractivity contribution is -0.156. The van der Waals surface area contributed by atoms with Gasteiger partial charge in [0.2, 0.25) is 0 Å². The van der Waals surface area contributed by atoms with E-state index < -0.39 is 17.2 Å². The van der Waals surface area contributed by atoms with Gasteiger partial charge in [-0.25, -0.2) is 4.79 Å². The van der Waals surface area contributed by atoms with E-state index in [0.717, 1.165) is 0 Å². The van der Waals surface area contributed by atoms with Crippen molar-refractivity contribution in [2.24, 2.45) is 0 Å². The summed E-state index contributed by atoms with van der Waals surface area (Å²) in [6.07, 6.45) is 0. The van der Waals surface area contributed by atoms with Crippen LogP contribution in [0.2, 0.25) is 0 Å². The maximum atomic E-state index is 10.4. The van der Waals surface area contributed by atoms with Gasteiger partial charge in [0.25, 0.3) is 0 Å². The lowest BCUT2D eigenvalue weighted by Gasteiger charge is -2.22. The molecule has 5 heteroatoms. The molecule has 0 fully saturated rings. The second-order valence-electron chi connectivity index (χ2n) is 3.99. The predicted octanol–water partition coefficient (Wildman–Crippen LogP) is -0.817. The molecule has 0 bridgehead atoms. The summed E-state index contributed by atoms with van der Waals surface area (Å²) in [4.78, 5) is 10.4. The van der Waals surface area contributed by atoms with E-state index in [-0.39, 0.29) is 13.1 Å². The van der Waals surface area contributed by atoms with Crippen LogP contribution in [-0.2, 0) is 4.79 Å². The Hall–Kier alpha value is -0.650. The summed E-state index contributed by atoms with van der Waals surface area (Å²) in [5.74, 6) is -1.28. The van der Waals surface area contributed by atoms with E-state index >= 15 is 0 Å². The molecule has 0 radical (unpaired) electrons. The number of carboxylic acids is 1. The Kier molecular flexibility index (Phi) is 3.84. The van der Waals surface area contributed by atoms with Crippen LogP contribution in [0.1, 0.15) is 20.8 Å².